The Balaban J connectivity index is 2.61. The van der Waals surface area contributed by atoms with E-state index in [2.05, 4.69) is 18.9 Å². The zero-order chi connectivity index (χ0) is 13.4. The van der Waals surface area contributed by atoms with E-state index in [9.17, 15) is 4.79 Å². The maximum absolute atomic E-state index is 12.0. The van der Waals surface area contributed by atoms with Gasteiger partial charge in [0.05, 0.1) is 6.61 Å². The Morgan fingerprint density at radius 1 is 1.22 bits per heavy atom. The summed E-state index contributed by atoms with van der Waals surface area (Å²) in [7, 11) is 2.10. The molecule has 0 N–H and O–H groups in total. The van der Waals surface area contributed by atoms with Gasteiger partial charge in [-0.1, -0.05) is 39.0 Å². The Kier molecular flexibility index (Phi) is 7.33. The largest absolute Gasteiger partial charge is 0.465 e. The fourth-order valence-electron chi connectivity index (χ4n) is 2.92. The molecular formula is C15H29NO2. The molecular weight excluding hydrogens is 226 g/mol. The molecule has 3 nitrogen and oxygen atoms in total. The lowest BCUT2D eigenvalue weighted by atomic mass is 10.0. The summed E-state index contributed by atoms with van der Waals surface area (Å²) in [5, 5.41) is 0. The van der Waals surface area contributed by atoms with Crippen LogP contribution >= 0.6 is 0 Å². The molecule has 0 aromatic rings. The molecule has 3 heteroatoms. The van der Waals surface area contributed by atoms with Crippen LogP contribution in [0.1, 0.15) is 65.2 Å². The molecule has 1 fully saturated rings. The molecule has 18 heavy (non-hydrogen) atoms. The first kappa shape index (κ1) is 15.5. The van der Waals surface area contributed by atoms with E-state index in [-0.39, 0.29) is 12.0 Å². The molecule has 0 spiro atoms. The van der Waals surface area contributed by atoms with E-state index in [1.807, 2.05) is 6.92 Å². The van der Waals surface area contributed by atoms with Crippen molar-refractivity contribution in [3.8, 4) is 0 Å². The molecule has 0 aliphatic heterocycles. The fourth-order valence-corrected chi connectivity index (χ4v) is 2.92. The van der Waals surface area contributed by atoms with Gasteiger partial charge < -0.3 is 4.74 Å². The van der Waals surface area contributed by atoms with Crippen molar-refractivity contribution in [2.45, 2.75) is 77.3 Å². The number of hydrogen-bond donors (Lipinski definition) is 0. The highest BCUT2D eigenvalue weighted by atomic mass is 16.5. The van der Waals surface area contributed by atoms with Gasteiger partial charge >= 0.3 is 5.97 Å². The zero-order valence-corrected chi connectivity index (χ0v) is 12.3. The Bertz CT molecular complexity index is 235. The van der Waals surface area contributed by atoms with E-state index >= 15 is 0 Å². The van der Waals surface area contributed by atoms with Gasteiger partial charge in [0.15, 0.2) is 0 Å². The highest BCUT2D eigenvalue weighted by Crippen LogP contribution is 2.24. The Labute approximate surface area is 112 Å². The molecule has 0 amide bonds. The van der Waals surface area contributed by atoms with Crippen molar-refractivity contribution in [3.05, 3.63) is 0 Å². The average Bonchev–Trinajstić information content (AvgIpc) is 2.64. The molecule has 1 rings (SSSR count). The van der Waals surface area contributed by atoms with E-state index in [1.165, 1.54) is 38.5 Å². The van der Waals surface area contributed by atoms with Crippen molar-refractivity contribution in [1.82, 2.24) is 4.90 Å². The first-order valence-electron chi connectivity index (χ1n) is 7.59. The molecule has 0 bridgehead atoms. The van der Waals surface area contributed by atoms with Gasteiger partial charge in [-0.25, -0.2) is 0 Å². The topological polar surface area (TPSA) is 29.5 Å². The van der Waals surface area contributed by atoms with Crippen LogP contribution in [0.4, 0.5) is 0 Å². The second-order valence-electron chi connectivity index (χ2n) is 5.37. The van der Waals surface area contributed by atoms with Crippen LogP contribution in [0.5, 0.6) is 0 Å². The lowest BCUT2D eigenvalue weighted by Crippen LogP contribution is -2.45. The maximum Gasteiger partial charge on any atom is 0.323 e. The van der Waals surface area contributed by atoms with E-state index in [0.29, 0.717) is 12.6 Å². The predicted octanol–water partition coefficient (Wildman–Crippen LogP) is 3.37. The summed E-state index contributed by atoms with van der Waals surface area (Å²) in [4.78, 5) is 14.3. The van der Waals surface area contributed by atoms with Crippen LogP contribution in [0.2, 0.25) is 0 Å². The van der Waals surface area contributed by atoms with Crippen LogP contribution in [-0.4, -0.2) is 36.6 Å². The Hall–Kier alpha value is -0.570. The number of likely N-dealkylation sites (N-methyl/N-ethyl adjacent to an activating group) is 1. The zero-order valence-electron chi connectivity index (χ0n) is 12.3. The second kappa shape index (κ2) is 8.52. The minimum absolute atomic E-state index is 0.0360. The molecule has 0 heterocycles. The predicted molar refractivity (Wildman–Crippen MR) is 74.6 cm³/mol. The average molecular weight is 255 g/mol. The molecule has 1 saturated carbocycles. The number of nitrogens with zero attached hydrogens (tertiary/aromatic N) is 1. The first-order chi connectivity index (χ1) is 8.70. The summed E-state index contributed by atoms with van der Waals surface area (Å²) in [6.07, 6.45) is 9.70. The summed E-state index contributed by atoms with van der Waals surface area (Å²) in [5.74, 6) is -0.0360. The molecule has 0 radical (unpaired) electrons. The minimum Gasteiger partial charge on any atom is -0.465 e. The quantitative estimate of drug-likeness (QED) is 0.538. The third kappa shape index (κ3) is 4.60. The van der Waals surface area contributed by atoms with Gasteiger partial charge in [-0.2, -0.15) is 0 Å². The molecule has 1 atom stereocenters. The molecule has 1 unspecified atom stereocenters. The van der Waals surface area contributed by atoms with Crippen molar-refractivity contribution in [2.75, 3.05) is 13.7 Å². The van der Waals surface area contributed by atoms with Crippen LogP contribution in [-0.2, 0) is 9.53 Å². The second-order valence-corrected chi connectivity index (χ2v) is 5.37. The minimum atomic E-state index is -0.0435. The van der Waals surface area contributed by atoms with Gasteiger partial charge in [0.2, 0.25) is 0 Å². The van der Waals surface area contributed by atoms with Crippen LogP contribution in [0.15, 0.2) is 0 Å². The Morgan fingerprint density at radius 3 is 2.33 bits per heavy atom. The number of rotatable bonds is 6. The molecule has 0 aromatic heterocycles. The van der Waals surface area contributed by atoms with Crippen LogP contribution in [0.25, 0.3) is 0 Å². The number of carbonyl (C=O) groups excluding carboxylic acids is 1. The molecule has 1 aliphatic rings. The standard InChI is InChI=1S/C15H29NO2/c1-4-10-14(15(17)18-5-2)16(3)13-11-8-6-7-9-12-13/h13-14H,4-12H2,1-3H3. The lowest BCUT2D eigenvalue weighted by molar-refractivity contribution is -0.150. The van der Waals surface area contributed by atoms with E-state index < -0.39 is 0 Å². The monoisotopic (exact) mass is 255 g/mol. The number of hydrogen-bond acceptors (Lipinski definition) is 3. The highest BCUT2D eigenvalue weighted by Gasteiger charge is 2.29. The van der Waals surface area contributed by atoms with Gasteiger partial charge in [-0.15, -0.1) is 0 Å². The fraction of sp³-hybridized carbons (Fsp3) is 0.933. The van der Waals surface area contributed by atoms with Crippen molar-refractivity contribution in [3.63, 3.8) is 0 Å². The van der Waals surface area contributed by atoms with Crippen LogP contribution in [0.3, 0.4) is 0 Å². The van der Waals surface area contributed by atoms with Gasteiger partial charge in [-0.05, 0) is 33.2 Å². The third-order valence-electron chi connectivity index (χ3n) is 4.01. The molecule has 0 saturated heterocycles. The molecule has 1 aliphatic carbocycles. The highest BCUT2D eigenvalue weighted by molar-refractivity contribution is 5.75. The summed E-state index contributed by atoms with van der Waals surface area (Å²) >= 11 is 0. The van der Waals surface area contributed by atoms with Gasteiger partial charge in [0, 0.05) is 6.04 Å². The lowest BCUT2D eigenvalue weighted by Gasteiger charge is -2.33. The van der Waals surface area contributed by atoms with E-state index in [1.54, 1.807) is 0 Å². The summed E-state index contributed by atoms with van der Waals surface area (Å²) in [5.41, 5.74) is 0. The van der Waals surface area contributed by atoms with Crippen molar-refractivity contribution < 1.29 is 9.53 Å². The van der Waals surface area contributed by atoms with Crippen molar-refractivity contribution >= 4 is 5.97 Å². The van der Waals surface area contributed by atoms with Crippen molar-refractivity contribution in [2.24, 2.45) is 0 Å². The first-order valence-corrected chi connectivity index (χ1v) is 7.59. The Morgan fingerprint density at radius 2 is 1.83 bits per heavy atom. The number of carbonyl (C=O) groups is 1. The molecule has 106 valence electrons. The maximum atomic E-state index is 12.0. The third-order valence-corrected chi connectivity index (χ3v) is 4.01. The van der Waals surface area contributed by atoms with Crippen LogP contribution < -0.4 is 0 Å². The summed E-state index contributed by atoms with van der Waals surface area (Å²) in [6.45, 7) is 4.50. The number of ether oxygens (including phenoxy) is 1. The van der Waals surface area contributed by atoms with E-state index in [4.69, 9.17) is 4.74 Å². The van der Waals surface area contributed by atoms with Crippen molar-refractivity contribution in [1.29, 1.82) is 0 Å². The SMILES string of the molecule is CCCC(C(=O)OCC)N(C)C1CCCCCC1. The summed E-state index contributed by atoms with van der Waals surface area (Å²) < 4.78 is 5.22. The number of esters is 1. The van der Waals surface area contributed by atoms with Gasteiger partial charge in [0.1, 0.15) is 6.04 Å². The van der Waals surface area contributed by atoms with Crippen LogP contribution in [0, 0.1) is 0 Å². The van der Waals surface area contributed by atoms with Gasteiger partial charge in [0.25, 0.3) is 0 Å². The smallest absolute Gasteiger partial charge is 0.323 e. The van der Waals surface area contributed by atoms with Gasteiger partial charge in [-0.3, -0.25) is 9.69 Å². The van der Waals surface area contributed by atoms with E-state index in [0.717, 1.165) is 12.8 Å². The normalized spacial score (nSPS) is 19.6. The molecule has 0 aromatic carbocycles. The summed E-state index contributed by atoms with van der Waals surface area (Å²) in [6, 6.07) is 0.520.